The summed E-state index contributed by atoms with van der Waals surface area (Å²) in [6.07, 6.45) is 9.14. The minimum absolute atomic E-state index is 0.00172. The first-order valence-electron chi connectivity index (χ1n) is 9.84. The third-order valence-electron chi connectivity index (χ3n) is 5.75. The summed E-state index contributed by atoms with van der Waals surface area (Å²) < 4.78 is 0. The molecule has 0 atom stereocenters. The van der Waals surface area contributed by atoms with Gasteiger partial charge in [0, 0.05) is 23.2 Å². The second kappa shape index (κ2) is 7.48. The van der Waals surface area contributed by atoms with Crippen molar-refractivity contribution in [3.63, 3.8) is 0 Å². The molecule has 4 nitrogen and oxygen atoms in total. The molecule has 0 bridgehead atoms. The zero-order valence-electron chi connectivity index (χ0n) is 15.1. The maximum Gasteiger partial charge on any atom is 0.251 e. The molecule has 2 aromatic carbocycles. The van der Waals surface area contributed by atoms with Crippen molar-refractivity contribution in [1.29, 1.82) is 0 Å². The topological polar surface area (TPSA) is 58.2 Å². The summed E-state index contributed by atoms with van der Waals surface area (Å²) in [4.78, 5) is 24.9. The second-order valence-corrected chi connectivity index (χ2v) is 7.69. The van der Waals surface area contributed by atoms with Gasteiger partial charge in [-0.25, -0.2) is 0 Å². The number of amides is 2. The van der Waals surface area contributed by atoms with Crippen LogP contribution in [0.3, 0.4) is 0 Å². The molecule has 2 aliphatic carbocycles. The Morgan fingerprint density at radius 1 is 0.654 bits per heavy atom. The lowest BCUT2D eigenvalue weighted by atomic mass is 10.0. The van der Waals surface area contributed by atoms with Crippen LogP contribution in [-0.4, -0.2) is 23.9 Å². The lowest BCUT2D eigenvalue weighted by Crippen LogP contribution is -2.32. The van der Waals surface area contributed by atoms with Crippen LogP contribution >= 0.6 is 0 Å². The Balaban J connectivity index is 1.48. The molecular weight excluding hydrogens is 324 g/mol. The third kappa shape index (κ3) is 3.74. The van der Waals surface area contributed by atoms with Crippen molar-refractivity contribution in [3.8, 4) is 0 Å². The highest BCUT2D eigenvalue weighted by Gasteiger charge is 2.19. The molecule has 2 N–H and O–H groups in total. The van der Waals surface area contributed by atoms with Crippen LogP contribution in [0.5, 0.6) is 0 Å². The van der Waals surface area contributed by atoms with Crippen molar-refractivity contribution in [2.75, 3.05) is 0 Å². The minimum Gasteiger partial charge on any atom is -0.349 e. The molecule has 0 heterocycles. The maximum atomic E-state index is 12.4. The molecule has 2 aliphatic rings. The summed E-state index contributed by atoms with van der Waals surface area (Å²) in [6.45, 7) is 0. The van der Waals surface area contributed by atoms with Gasteiger partial charge in [-0.15, -0.1) is 0 Å². The number of nitrogens with one attached hydrogen (secondary N) is 2. The van der Waals surface area contributed by atoms with E-state index in [1.165, 1.54) is 25.7 Å². The first-order valence-corrected chi connectivity index (χ1v) is 9.84. The van der Waals surface area contributed by atoms with E-state index in [0.29, 0.717) is 23.2 Å². The average molecular weight is 350 g/mol. The zero-order valence-corrected chi connectivity index (χ0v) is 15.1. The van der Waals surface area contributed by atoms with Gasteiger partial charge in [-0.2, -0.15) is 0 Å². The van der Waals surface area contributed by atoms with Gasteiger partial charge in [-0.05, 0) is 60.7 Å². The monoisotopic (exact) mass is 350 g/mol. The van der Waals surface area contributed by atoms with Gasteiger partial charge in [-0.1, -0.05) is 37.8 Å². The molecule has 2 aromatic rings. The lowest BCUT2D eigenvalue weighted by molar-refractivity contribution is 0.0929. The van der Waals surface area contributed by atoms with Crippen LogP contribution in [-0.2, 0) is 0 Å². The van der Waals surface area contributed by atoms with Crippen molar-refractivity contribution in [2.45, 2.75) is 63.5 Å². The van der Waals surface area contributed by atoms with Crippen LogP contribution in [0.2, 0.25) is 0 Å². The van der Waals surface area contributed by atoms with Crippen molar-refractivity contribution < 1.29 is 9.59 Å². The molecule has 2 fully saturated rings. The summed E-state index contributed by atoms with van der Waals surface area (Å²) in [6, 6.07) is 12.0. The zero-order chi connectivity index (χ0) is 17.9. The Morgan fingerprint density at radius 2 is 1.04 bits per heavy atom. The standard InChI is InChI=1S/C22H26N2O2/c25-21(23-19-5-1-2-6-19)17-11-9-16-14-18(12-10-15(16)13-17)22(26)24-20-7-3-4-8-20/h9-14,19-20H,1-8H2,(H,23,25)(H,24,26). The first kappa shape index (κ1) is 17.1. The quantitative estimate of drug-likeness (QED) is 0.869. The van der Waals surface area contributed by atoms with Gasteiger partial charge in [0.25, 0.3) is 11.8 Å². The third-order valence-corrected chi connectivity index (χ3v) is 5.75. The molecule has 4 heteroatoms. The number of carbonyl (C=O) groups excluding carboxylic acids is 2. The Kier molecular flexibility index (Phi) is 4.91. The number of benzene rings is 2. The molecule has 0 saturated heterocycles. The fourth-order valence-electron chi connectivity index (χ4n) is 4.21. The van der Waals surface area contributed by atoms with Crippen LogP contribution in [0.4, 0.5) is 0 Å². The lowest BCUT2D eigenvalue weighted by Gasteiger charge is -2.13. The van der Waals surface area contributed by atoms with Crippen LogP contribution in [0, 0.1) is 0 Å². The van der Waals surface area contributed by atoms with Crippen LogP contribution in [0.1, 0.15) is 72.1 Å². The summed E-state index contributed by atoms with van der Waals surface area (Å²) in [5.41, 5.74) is 1.38. The Bertz CT molecular complexity index is 749. The predicted octanol–water partition coefficient (Wildman–Crippen LogP) is 4.18. The Morgan fingerprint density at radius 3 is 1.42 bits per heavy atom. The minimum atomic E-state index is 0.00172. The molecule has 0 unspecified atom stereocenters. The fraction of sp³-hybridized carbons (Fsp3) is 0.455. The van der Waals surface area contributed by atoms with Crippen molar-refractivity contribution >= 4 is 22.6 Å². The SMILES string of the molecule is O=C(NC1CCCC1)c1ccc2cc(C(=O)NC3CCCC3)ccc2c1. The van der Waals surface area contributed by atoms with E-state index in [-0.39, 0.29) is 11.8 Å². The maximum absolute atomic E-state index is 12.4. The van der Waals surface area contributed by atoms with Gasteiger partial charge in [0.15, 0.2) is 0 Å². The van der Waals surface area contributed by atoms with E-state index in [0.717, 1.165) is 36.5 Å². The smallest absolute Gasteiger partial charge is 0.251 e. The van der Waals surface area contributed by atoms with Crippen molar-refractivity contribution in [1.82, 2.24) is 10.6 Å². The van der Waals surface area contributed by atoms with E-state index in [2.05, 4.69) is 10.6 Å². The van der Waals surface area contributed by atoms with Gasteiger partial charge in [-0.3, -0.25) is 9.59 Å². The fourth-order valence-corrected chi connectivity index (χ4v) is 4.21. The van der Waals surface area contributed by atoms with E-state index in [1.807, 2.05) is 36.4 Å². The summed E-state index contributed by atoms with van der Waals surface area (Å²) in [5, 5.41) is 8.23. The highest BCUT2D eigenvalue weighted by atomic mass is 16.2. The molecule has 0 spiro atoms. The van der Waals surface area contributed by atoms with Gasteiger partial charge in [0.2, 0.25) is 0 Å². The van der Waals surface area contributed by atoms with Crippen molar-refractivity contribution in [2.24, 2.45) is 0 Å². The number of hydrogen-bond donors (Lipinski definition) is 2. The molecule has 0 aromatic heterocycles. The highest BCUT2D eigenvalue weighted by molar-refractivity contribution is 6.02. The van der Waals surface area contributed by atoms with E-state index < -0.39 is 0 Å². The normalized spacial score (nSPS) is 18.3. The number of rotatable bonds is 4. The number of fused-ring (bicyclic) bond motifs is 1. The average Bonchev–Trinajstić information content (AvgIpc) is 3.35. The van der Waals surface area contributed by atoms with Gasteiger partial charge in [0.05, 0.1) is 0 Å². The molecule has 0 aliphatic heterocycles. The summed E-state index contributed by atoms with van der Waals surface area (Å²) >= 11 is 0. The molecule has 26 heavy (non-hydrogen) atoms. The van der Waals surface area contributed by atoms with Crippen molar-refractivity contribution in [3.05, 3.63) is 47.5 Å². The molecule has 0 radical (unpaired) electrons. The number of hydrogen-bond acceptors (Lipinski definition) is 2. The molecule has 4 rings (SSSR count). The predicted molar refractivity (Wildman–Crippen MR) is 103 cm³/mol. The van der Waals surface area contributed by atoms with Gasteiger partial charge >= 0.3 is 0 Å². The molecule has 2 amide bonds. The Labute approximate surface area is 154 Å². The van der Waals surface area contributed by atoms with Crippen LogP contribution < -0.4 is 10.6 Å². The van der Waals surface area contributed by atoms with E-state index in [4.69, 9.17) is 0 Å². The van der Waals surface area contributed by atoms with E-state index in [9.17, 15) is 9.59 Å². The van der Waals surface area contributed by atoms with E-state index >= 15 is 0 Å². The van der Waals surface area contributed by atoms with E-state index in [1.54, 1.807) is 0 Å². The van der Waals surface area contributed by atoms with Crippen LogP contribution in [0.15, 0.2) is 36.4 Å². The van der Waals surface area contributed by atoms with Gasteiger partial charge < -0.3 is 10.6 Å². The van der Waals surface area contributed by atoms with Crippen LogP contribution in [0.25, 0.3) is 10.8 Å². The number of carbonyl (C=O) groups is 2. The second-order valence-electron chi connectivity index (χ2n) is 7.69. The summed E-state index contributed by atoms with van der Waals surface area (Å²) in [5.74, 6) is 0.00343. The molecular formula is C22H26N2O2. The first-order chi connectivity index (χ1) is 12.7. The summed E-state index contributed by atoms with van der Waals surface area (Å²) in [7, 11) is 0. The Hall–Kier alpha value is -2.36. The molecule has 136 valence electrons. The highest BCUT2D eigenvalue weighted by Crippen LogP contribution is 2.22. The molecule has 2 saturated carbocycles. The largest absolute Gasteiger partial charge is 0.349 e. The van der Waals surface area contributed by atoms with Gasteiger partial charge in [0.1, 0.15) is 0 Å².